The smallest absolute Gasteiger partial charge is 0.129 e. The van der Waals surface area contributed by atoms with Crippen molar-refractivity contribution in [1.82, 2.24) is 19.5 Å². The van der Waals surface area contributed by atoms with Crippen LogP contribution in [0.25, 0.3) is 0 Å². The lowest BCUT2D eigenvalue weighted by Crippen LogP contribution is -2.07. The molecule has 5 heteroatoms. The second kappa shape index (κ2) is 6.31. The first-order valence-electron chi connectivity index (χ1n) is 6.81. The number of hydrogen-bond acceptors (Lipinski definition) is 4. The van der Waals surface area contributed by atoms with Crippen LogP contribution >= 0.6 is 0 Å². The Morgan fingerprint density at radius 1 is 1.26 bits per heavy atom. The molecule has 0 atom stereocenters. The first-order valence-corrected chi connectivity index (χ1v) is 6.81. The minimum absolute atomic E-state index is 0.745. The fourth-order valence-corrected chi connectivity index (χ4v) is 2.11. The molecule has 0 fully saturated rings. The normalized spacial score (nSPS) is 10.7. The number of hydrogen-bond donors (Lipinski definition) is 1. The number of anilines is 1. The van der Waals surface area contributed by atoms with Gasteiger partial charge in [0.2, 0.25) is 0 Å². The Labute approximate surface area is 114 Å². The number of nitrogens with one attached hydrogen (secondary N) is 1. The Morgan fingerprint density at radius 2 is 2.11 bits per heavy atom. The minimum Gasteiger partial charge on any atom is -0.370 e. The van der Waals surface area contributed by atoms with Crippen molar-refractivity contribution < 1.29 is 0 Å². The van der Waals surface area contributed by atoms with E-state index in [2.05, 4.69) is 38.7 Å². The van der Waals surface area contributed by atoms with E-state index >= 15 is 0 Å². The summed E-state index contributed by atoms with van der Waals surface area (Å²) in [4.78, 5) is 13.3. The summed E-state index contributed by atoms with van der Waals surface area (Å²) in [6, 6.07) is 2.00. The lowest BCUT2D eigenvalue weighted by Gasteiger charge is -2.08. The Hall–Kier alpha value is -1.91. The number of aromatic nitrogens is 4. The van der Waals surface area contributed by atoms with Crippen molar-refractivity contribution in [2.75, 3.05) is 11.9 Å². The van der Waals surface area contributed by atoms with Crippen LogP contribution in [0.1, 0.15) is 37.6 Å². The molecule has 2 rings (SSSR count). The van der Waals surface area contributed by atoms with E-state index in [9.17, 15) is 0 Å². The highest BCUT2D eigenvalue weighted by Crippen LogP contribution is 2.11. The van der Waals surface area contributed by atoms with Gasteiger partial charge < -0.3 is 9.88 Å². The Balaban J connectivity index is 2.20. The van der Waals surface area contributed by atoms with Crippen LogP contribution in [0.15, 0.2) is 18.5 Å². The third-order valence-electron chi connectivity index (χ3n) is 2.85. The zero-order valence-electron chi connectivity index (χ0n) is 11.8. The number of nitrogens with zero attached hydrogens (tertiary/aromatic N) is 4. The molecular weight excluding hydrogens is 238 g/mol. The first kappa shape index (κ1) is 13.5. The SMILES string of the molecule is CCCn1ccnc1Cc1cc(NCC)nc(C)n1. The molecule has 0 spiro atoms. The van der Waals surface area contributed by atoms with Crippen LogP contribution in [0.5, 0.6) is 0 Å². The van der Waals surface area contributed by atoms with Crippen LogP contribution in [-0.4, -0.2) is 26.1 Å². The molecule has 1 N–H and O–H groups in total. The third-order valence-corrected chi connectivity index (χ3v) is 2.85. The van der Waals surface area contributed by atoms with E-state index in [1.165, 1.54) is 0 Å². The molecule has 0 bridgehead atoms. The van der Waals surface area contributed by atoms with Gasteiger partial charge in [-0.25, -0.2) is 15.0 Å². The highest BCUT2D eigenvalue weighted by molar-refractivity contribution is 5.36. The van der Waals surface area contributed by atoms with Crippen LogP contribution in [0, 0.1) is 6.92 Å². The number of imidazole rings is 1. The molecule has 0 saturated heterocycles. The fraction of sp³-hybridized carbons (Fsp3) is 0.500. The maximum atomic E-state index is 4.49. The molecular formula is C14H21N5. The average Bonchev–Trinajstić information content (AvgIpc) is 2.77. The molecule has 0 aromatic carbocycles. The Kier molecular flexibility index (Phi) is 4.49. The maximum absolute atomic E-state index is 4.49. The molecule has 102 valence electrons. The van der Waals surface area contributed by atoms with E-state index < -0.39 is 0 Å². The molecule has 5 nitrogen and oxygen atoms in total. The molecule has 0 radical (unpaired) electrons. The van der Waals surface area contributed by atoms with Gasteiger partial charge in [0.05, 0.1) is 5.69 Å². The highest BCUT2D eigenvalue weighted by Gasteiger charge is 2.07. The predicted molar refractivity (Wildman–Crippen MR) is 76.3 cm³/mol. The van der Waals surface area contributed by atoms with E-state index in [0.29, 0.717) is 0 Å². The van der Waals surface area contributed by atoms with Crippen LogP contribution in [0.2, 0.25) is 0 Å². The average molecular weight is 259 g/mol. The van der Waals surface area contributed by atoms with Gasteiger partial charge in [-0.2, -0.15) is 0 Å². The molecule has 2 heterocycles. The zero-order valence-corrected chi connectivity index (χ0v) is 11.8. The lowest BCUT2D eigenvalue weighted by molar-refractivity contribution is 0.644. The largest absolute Gasteiger partial charge is 0.370 e. The minimum atomic E-state index is 0.745. The van der Waals surface area contributed by atoms with Gasteiger partial charge in [0.1, 0.15) is 17.5 Å². The van der Waals surface area contributed by atoms with E-state index in [1.54, 1.807) is 0 Å². The molecule has 2 aromatic heterocycles. The van der Waals surface area contributed by atoms with Crippen LogP contribution < -0.4 is 5.32 Å². The quantitative estimate of drug-likeness (QED) is 0.865. The lowest BCUT2D eigenvalue weighted by atomic mass is 10.2. The summed E-state index contributed by atoms with van der Waals surface area (Å²) in [5.74, 6) is 2.74. The summed E-state index contributed by atoms with van der Waals surface area (Å²) in [5.41, 5.74) is 1.01. The van der Waals surface area contributed by atoms with Gasteiger partial charge in [-0.05, 0) is 20.3 Å². The Morgan fingerprint density at radius 3 is 2.84 bits per heavy atom. The van der Waals surface area contributed by atoms with Gasteiger partial charge in [0, 0.05) is 38.0 Å². The molecule has 19 heavy (non-hydrogen) atoms. The van der Waals surface area contributed by atoms with Crippen molar-refractivity contribution in [3.8, 4) is 0 Å². The van der Waals surface area contributed by atoms with Crippen molar-refractivity contribution >= 4 is 5.82 Å². The first-order chi connectivity index (χ1) is 9.22. The van der Waals surface area contributed by atoms with E-state index in [1.807, 2.05) is 25.4 Å². The van der Waals surface area contributed by atoms with Gasteiger partial charge in [-0.1, -0.05) is 6.92 Å². The van der Waals surface area contributed by atoms with Gasteiger partial charge >= 0.3 is 0 Å². The fourth-order valence-electron chi connectivity index (χ4n) is 2.11. The van der Waals surface area contributed by atoms with Crippen molar-refractivity contribution in [2.24, 2.45) is 0 Å². The van der Waals surface area contributed by atoms with E-state index in [-0.39, 0.29) is 0 Å². The molecule has 0 saturated carbocycles. The zero-order chi connectivity index (χ0) is 13.7. The molecule has 0 amide bonds. The summed E-state index contributed by atoms with van der Waals surface area (Å²) in [7, 11) is 0. The van der Waals surface area contributed by atoms with Crippen molar-refractivity contribution in [2.45, 2.75) is 40.2 Å². The van der Waals surface area contributed by atoms with Gasteiger partial charge in [-0.15, -0.1) is 0 Å². The molecule has 2 aromatic rings. The van der Waals surface area contributed by atoms with Crippen LogP contribution in [0.4, 0.5) is 5.82 Å². The van der Waals surface area contributed by atoms with Crippen molar-refractivity contribution in [3.63, 3.8) is 0 Å². The van der Waals surface area contributed by atoms with Crippen LogP contribution in [0.3, 0.4) is 0 Å². The molecule has 0 aliphatic heterocycles. The summed E-state index contributed by atoms with van der Waals surface area (Å²) >= 11 is 0. The summed E-state index contributed by atoms with van der Waals surface area (Å²) < 4.78 is 2.18. The summed E-state index contributed by atoms with van der Waals surface area (Å²) in [6.45, 7) is 8.01. The number of rotatable bonds is 6. The predicted octanol–water partition coefficient (Wildman–Crippen LogP) is 2.41. The molecule has 0 aliphatic carbocycles. The third kappa shape index (κ3) is 3.53. The van der Waals surface area contributed by atoms with Gasteiger partial charge in [0.25, 0.3) is 0 Å². The number of aryl methyl sites for hydroxylation is 2. The summed E-state index contributed by atoms with van der Waals surface area (Å²) in [5, 5.41) is 3.23. The van der Waals surface area contributed by atoms with Gasteiger partial charge in [-0.3, -0.25) is 0 Å². The standard InChI is InChI=1S/C14H21N5/c1-4-7-19-8-6-16-14(19)10-12-9-13(15-5-2)18-11(3)17-12/h6,8-9H,4-5,7,10H2,1-3H3,(H,15,17,18). The molecule has 0 unspecified atom stereocenters. The molecule has 0 aliphatic rings. The van der Waals surface area contributed by atoms with Crippen LogP contribution in [-0.2, 0) is 13.0 Å². The Bertz CT molecular complexity index is 532. The summed E-state index contributed by atoms with van der Waals surface area (Å²) in [6.07, 6.45) is 5.73. The van der Waals surface area contributed by atoms with Crippen molar-refractivity contribution in [3.05, 3.63) is 35.8 Å². The second-order valence-electron chi connectivity index (χ2n) is 4.54. The highest BCUT2D eigenvalue weighted by atomic mass is 15.1. The topological polar surface area (TPSA) is 55.6 Å². The van der Waals surface area contributed by atoms with Crippen molar-refractivity contribution in [1.29, 1.82) is 0 Å². The maximum Gasteiger partial charge on any atom is 0.129 e. The van der Waals surface area contributed by atoms with E-state index in [0.717, 1.165) is 49.1 Å². The van der Waals surface area contributed by atoms with Gasteiger partial charge in [0.15, 0.2) is 0 Å². The monoisotopic (exact) mass is 259 g/mol. The second-order valence-corrected chi connectivity index (χ2v) is 4.54. The van der Waals surface area contributed by atoms with E-state index in [4.69, 9.17) is 0 Å².